The second kappa shape index (κ2) is 10.8. The van der Waals surface area contributed by atoms with Crippen LogP contribution in [0.4, 0.5) is 0 Å². The Hall–Kier alpha value is -1.08. The zero-order chi connectivity index (χ0) is 14.7. The fourth-order valence-corrected chi connectivity index (χ4v) is 1.81. The normalized spacial score (nSPS) is 14.3. The molecule has 0 aliphatic carbocycles. The third-order valence-electron chi connectivity index (χ3n) is 3.28. The minimum atomic E-state index is -0.358. The van der Waals surface area contributed by atoms with Crippen LogP contribution in [0.15, 0.2) is 48.1 Å². The summed E-state index contributed by atoms with van der Waals surface area (Å²) in [6.45, 7) is 13.7. The number of aliphatic hydroxyl groups is 1. The maximum Gasteiger partial charge on any atom is 0.0747 e. The van der Waals surface area contributed by atoms with Crippen LogP contribution in [-0.4, -0.2) is 11.2 Å². The first-order valence-electron chi connectivity index (χ1n) is 7.23. The van der Waals surface area contributed by atoms with Crippen molar-refractivity contribution < 1.29 is 5.11 Å². The molecule has 1 heteroatoms. The van der Waals surface area contributed by atoms with Gasteiger partial charge in [0.25, 0.3) is 0 Å². The van der Waals surface area contributed by atoms with E-state index in [0.29, 0.717) is 0 Å². The molecule has 0 aromatic heterocycles. The number of allylic oxidation sites excluding steroid dienone is 5. The smallest absolute Gasteiger partial charge is 0.0747 e. The first-order valence-corrected chi connectivity index (χ1v) is 7.23. The Labute approximate surface area is 119 Å². The van der Waals surface area contributed by atoms with Gasteiger partial charge in [-0.25, -0.2) is 0 Å². The molecule has 0 radical (unpaired) electrons. The highest BCUT2D eigenvalue weighted by molar-refractivity contribution is 5.05. The summed E-state index contributed by atoms with van der Waals surface area (Å²) in [5.74, 6) is 0. The molecule has 1 unspecified atom stereocenters. The highest BCUT2D eigenvalue weighted by Gasteiger charge is 2.03. The number of hydrogen-bond acceptors (Lipinski definition) is 1. The van der Waals surface area contributed by atoms with E-state index in [1.54, 1.807) is 0 Å². The minimum absolute atomic E-state index is 0.358. The fraction of sp³-hybridized carbons (Fsp3) is 0.556. The quantitative estimate of drug-likeness (QED) is 0.416. The van der Waals surface area contributed by atoms with Gasteiger partial charge in [0.05, 0.1) is 6.10 Å². The summed E-state index contributed by atoms with van der Waals surface area (Å²) < 4.78 is 0. The Morgan fingerprint density at radius 2 is 1.58 bits per heavy atom. The minimum Gasteiger partial charge on any atom is -0.389 e. The Balaban J connectivity index is 3.89. The second-order valence-electron chi connectivity index (χ2n) is 5.41. The number of aliphatic hydroxyl groups excluding tert-OH is 1. The highest BCUT2D eigenvalue weighted by atomic mass is 16.3. The van der Waals surface area contributed by atoms with E-state index >= 15 is 0 Å². The van der Waals surface area contributed by atoms with Crippen molar-refractivity contribution in [2.75, 3.05) is 0 Å². The van der Waals surface area contributed by atoms with E-state index in [4.69, 9.17) is 0 Å². The van der Waals surface area contributed by atoms with Crippen LogP contribution >= 0.6 is 0 Å². The van der Waals surface area contributed by atoms with Crippen LogP contribution in [0.1, 0.15) is 59.3 Å². The lowest BCUT2D eigenvalue weighted by atomic mass is 10.0. The van der Waals surface area contributed by atoms with Gasteiger partial charge in [0.1, 0.15) is 0 Å². The molecule has 0 saturated carbocycles. The van der Waals surface area contributed by atoms with Crippen molar-refractivity contribution in [2.24, 2.45) is 0 Å². The molecule has 19 heavy (non-hydrogen) atoms. The average Bonchev–Trinajstić information content (AvgIpc) is 2.36. The molecule has 1 atom stereocenters. The van der Waals surface area contributed by atoms with Crippen LogP contribution in [0.25, 0.3) is 0 Å². The molecule has 0 spiro atoms. The Morgan fingerprint density at radius 3 is 2.16 bits per heavy atom. The summed E-state index contributed by atoms with van der Waals surface area (Å²) in [5.41, 5.74) is 3.67. The topological polar surface area (TPSA) is 20.2 Å². The van der Waals surface area contributed by atoms with E-state index in [0.717, 1.165) is 44.1 Å². The van der Waals surface area contributed by atoms with Gasteiger partial charge in [0, 0.05) is 0 Å². The van der Waals surface area contributed by atoms with Crippen molar-refractivity contribution in [2.45, 2.75) is 65.4 Å². The zero-order valence-corrected chi connectivity index (χ0v) is 12.9. The lowest BCUT2D eigenvalue weighted by molar-refractivity contribution is 0.201. The highest BCUT2D eigenvalue weighted by Crippen LogP contribution is 2.14. The summed E-state index contributed by atoms with van der Waals surface area (Å²) in [6, 6.07) is 0. The van der Waals surface area contributed by atoms with Gasteiger partial charge in [-0.3, -0.25) is 0 Å². The van der Waals surface area contributed by atoms with Gasteiger partial charge >= 0.3 is 0 Å². The first kappa shape index (κ1) is 17.9. The molecule has 0 aliphatic rings. The molecule has 0 fully saturated rings. The maximum absolute atomic E-state index is 9.67. The first-order chi connectivity index (χ1) is 8.97. The van der Waals surface area contributed by atoms with Crippen LogP contribution < -0.4 is 0 Å². The van der Waals surface area contributed by atoms with Gasteiger partial charge in [0.15, 0.2) is 0 Å². The third kappa shape index (κ3) is 10.5. The molecule has 1 nitrogen and oxygen atoms in total. The van der Waals surface area contributed by atoms with Crippen LogP contribution in [0.3, 0.4) is 0 Å². The molecule has 0 saturated heterocycles. The van der Waals surface area contributed by atoms with Crippen molar-refractivity contribution in [3.8, 4) is 0 Å². The predicted octanol–water partition coefficient (Wildman–Crippen LogP) is 5.34. The Morgan fingerprint density at radius 1 is 1.00 bits per heavy atom. The van der Waals surface area contributed by atoms with Gasteiger partial charge in [-0.05, 0) is 59.3 Å². The van der Waals surface area contributed by atoms with Crippen molar-refractivity contribution in [3.05, 3.63) is 48.1 Å². The largest absolute Gasteiger partial charge is 0.389 e. The molecule has 0 bridgehead atoms. The number of hydrogen-bond donors (Lipinski definition) is 1. The lowest BCUT2D eigenvalue weighted by Crippen LogP contribution is -2.06. The van der Waals surface area contributed by atoms with Gasteiger partial charge in [-0.1, -0.05) is 41.5 Å². The summed E-state index contributed by atoms with van der Waals surface area (Å²) >= 11 is 0. The number of unbranched alkanes of at least 4 members (excludes halogenated alkanes) is 1. The van der Waals surface area contributed by atoms with Crippen molar-refractivity contribution in [3.63, 3.8) is 0 Å². The SMILES string of the molecule is C=CCC/C=C(\C)CC/C=C(\C)CCC(O)C(=C)C. The van der Waals surface area contributed by atoms with E-state index in [-0.39, 0.29) is 6.10 Å². The number of rotatable bonds is 10. The molecule has 0 aliphatic heterocycles. The van der Waals surface area contributed by atoms with Gasteiger partial charge in [0.2, 0.25) is 0 Å². The standard InChI is InChI=1S/C18H30O/c1-6-7-8-10-16(4)11-9-12-17(5)13-14-18(19)15(2)3/h6,10,12,18-19H,1-2,7-9,11,13-14H2,3-5H3/b16-10+,17-12+. The molecule has 0 aromatic rings. The monoisotopic (exact) mass is 262 g/mol. The summed E-state index contributed by atoms with van der Waals surface area (Å²) in [4.78, 5) is 0. The second-order valence-corrected chi connectivity index (χ2v) is 5.41. The third-order valence-corrected chi connectivity index (χ3v) is 3.28. The fourth-order valence-electron chi connectivity index (χ4n) is 1.81. The van der Waals surface area contributed by atoms with Crippen LogP contribution in [0.2, 0.25) is 0 Å². The molecule has 0 aromatic carbocycles. The molecule has 0 heterocycles. The Bertz CT molecular complexity index is 334. The van der Waals surface area contributed by atoms with Gasteiger partial charge in [-0.2, -0.15) is 0 Å². The van der Waals surface area contributed by atoms with E-state index in [2.05, 4.69) is 39.2 Å². The van der Waals surface area contributed by atoms with E-state index in [9.17, 15) is 5.11 Å². The molecule has 108 valence electrons. The van der Waals surface area contributed by atoms with Crippen molar-refractivity contribution in [1.82, 2.24) is 0 Å². The molecule has 1 N–H and O–H groups in total. The van der Waals surface area contributed by atoms with Crippen LogP contribution in [0, 0.1) is 0 Å². The summed E-state index contributed by atoms with van der Waals surface area (Å²) in [5, 5.41) is 9.67. The molecular formula is C18H30O. The van der Waals surface area contributed by atoms with Crippen LogP contribution in [0.5, 0.6) is 0 Å². The van der Waals surface area contributed by atoms with Crippen molar-refractivity contribution >= 4 is 0 Å². The van der Waals surface area contributed by atoms with Crippen LogP contribution in [-0.2, 0) is 0 Å². The van der Waals surface area contributed by atoms with Gasteiger partial charge < -0.3 is 5.11 Å². The zero-order valence-electron chi connectivity index (χ0n) is 12.9. The summed E-state index contributed by atoms with van der Waals surface area (Å²) in [7, 11) is 0. The predicted molar refractivity (Wildman–Crippen MR) is 86.2 cm³/mol. The molecule has 0 rings (SSSR count). The maximum atomic E-state index is 9.67. The molecule has 0 amide bonds. The average molecular weight is 262 g/mol. The molecular weight excluding hydrogens is 232 g/mol. The Kier molecular flexibility index (Phi) is 10.2. The summed E-state index contributed by atoms with van der Waals surface area (Å²) in [6.07, 6.45) is 12.3. The van der Waals surface area contributed by atoms with E-state index in [1.165, 1.54) is 11.1 Å². The van der Waals surface area contributed by atoms with Gasteiger partial charge in [-0.15, -0.1) is 6.58 Å². The van der Waals surface area contributed by atoms with Crippen molar-refractivity contribution in [1.29, 1.82) is 0 Å². The van der Waals surface area contributed by atoms with E-state index in [1.807, 2.05) is 13.0 Å². The lowest BCUT2D eigenvalue weighted by Gasteiger charge is -2.09. The van der Waals surface area contributed by atoms with E-state index < -0.39 is 0 Å².